The molecule has 2 aliphatic rings. The van der Waals surface area contributed by atoms with Crippen LogP contribution in [-0.2, 0) is 4.74 Å². The summed E-state index contributed by atoms with van der Waals surface area (Å²) in [5.74, 6) is 0. The summed E-state index contributed by atoms with van der Waals surface area (Å²) in [6, 6.07) is 3.25. The van der Waals surface area contributed by atoms with Gasteiger partial charge in [0.1, 0.15) is 0 Å². The number of hydrogen-bond acceptors (Lipinski definition) is 3. The molecule has 3 atom stereocenters. The predicted octanol–water partition coefficient (Wildman–Crippen LogP) is 1.93. The summed E-state index contributed by atoms with van der Waals surface area (Å²) >= 11 is 0. The fourth-order valence-corrected chi connectivity index (χ4v) is 2.92. The number of nitrogens with zero attached hydrogens (tertiary/aromatic N) is 2. The third-order valence-electron chi connectivity index (χ3n) is 3.73. The van der Waals surface area contributed by atoms with Crippen molar-refractivity contribution < 1.29 is 4.74 Å². The molecule has 0 amide bonds. The Morgan fingerprint density at radius 2 is 2.27 bits per heavy atom. The van der Waals surface area contributed by atoms with Gasteiger partial charge < -0.3 is 4.74 Å². The highest BCUT2D eigenvalue weighted by molar-refractivity contribution is 4.91. The summed E-state index contributed by atoms with van der Waals surface area (Å²) in [4.78, 5) is 2.50. The highest BCUT2D eigenvalue weighted by Crippen LogP contribution is 2.30. The highest BCUT2D eigenvalue weighted by atomic mass is 16.5. The van der Waals surface area contributed by atoms with Gasteiger partial charge in [0.05, 0.1) is 25.2 Å². The van der Waals surface area contributed by atoms with E-state index in [-0.39, 0.29) is 0 Å². The largest absolute Gasteiger partial charge is 0.375 e. The van der Waals surface area contributed by atoms with E-state index < -0.39 is 0 Å². The lowest BCUT2D eigenvalue weighted by molar-refractivity contribution is -0.0995. The van der Waals surface area contributed by atoms with E-state index in [2.05, 4.69) is 17.9 Å². The van der Waals surface area contributed by atoms with Crippen LogP contribution in [0.1, 0.15) is 39.0 Å². The zero-order chi connectivity index (χ0) is 10.7. The molecule has 1 heterocycles. The number of hydrogen-bond donors (Lipinski definition) is 0. The first-order valence-electron chi connectivity index (χ1n) is 6.07. The van der Waals surface area contributed by atoms with Crippen molar-refractivity contribution >= 4 is 0 Å². The van der Waals surface area contributed by atoms with Gasteiger partial charge >= 0.3 is 0 Å². The van der Waals surface area contributed by atoms with Crippen molar-refractivity contribution in [2.24, 2.45) is 0 Å². The molecule has 0 radical (unpaired) electrons. The van der Waals surface area contributed by atoms with Crippen LogP contribution in [-0.4, -0.2) is 36.2 Å². The predicted molar refractivity (Wildman–Crippen MR) is 58.4 cm³/mol. The van der Waals surface area contributed by atoms with E-state index in [0.717, 1.165) is 13.2 Å². The van der Waals surface area contributed by atoms with Crippen LogP contribution in [0.15, 0.2) is 0 Å². The molecular weight excluding hydrogens is 188 g/mol. The van der Waals surface area contributed by atoms with E-state index >= 15 is 0 Å². The van der Waals surface area contributed by atoms with Crippen molar-refractivity contribution in [3.8, 4) is 6.07 Å². The molecule has 0 aromatic rings. The highest BCUT2D eigenvalue weighted by Gasteiger charge is 2.35. The summed E-state index contributed by atoms with van der Waals surface area (Å²) in [7, 11) is 0. The molecule has 0 bridgehead atoms. The Labute approximate surface area is 92.0 Å². The maximum Gasteiger partial charge on any atom is 0.0731 e. The lowest BCUT2D eigenvalue weighted by Crippen LogP contribution is -2.55. The maximum absolute atomic E-state index is 8.76. The molecule has 3 heteroatoms. The van der Waals surface area contributed by atoms with E-state index in [0.29, 0.717) is 24.6 Å². The minimum Gasteiger partial charge on any atom is -0.375 e. The average molecular weight is 208 g/mol. The first kappa shape index (κ1) is 10.9. The van der Waals surface area contributed by atoms with Gasteiger partial charge in [0.15, 0.2) is 0 Å². The fraction of sp³-hybridized carbons (Fsp3) is 0.917. The SMILES string of the molecule is CC(CC#N)N1CCOC2CCCCC21. The first-order chi connectivity index (χ1) is 7.33. The van der Waals surface area contributed by atoms with Crippen molar-refractivity contribution in [1.29, 1.82) is 5.26 Å². The monoisotopic (exact) mass is 208 g/mol. The van der Waals surface area contributed by atoms with Gasteiger partial charge in [0.25, 0.3) is 0 Å². The molecule has 3 nitrogen and oxygen atoms in total. The van der Waals surface area contributed by atoms with Crippen LogP contribution < -0.4 is 0 Å². The van der Waals surface area contributed by atoms with Crippen LogP contribution in [0, 0.1) is 11.3 Å². The van der Waals surface area contributed by atoms with Crippen molar-refractivity contribution in [1.82, 2.24) is 4.90 Å². The summed E-state index contributed by atoms with van der Waals surface area (Å²) in [6.45, 7) is 4.02. The molecule has 1 saturated heterocycles. The Morgan fingerprint density at radius 1 is 1.47 bits per heavy atom. The zero-order valence-corrected chi connectivity index (χ0v) is 9.48. The smallest absolute Gasteiger partial charge is 0.0731 e. The van der Waals surface area contributed by atoms with Crippen LogP contribution in [0.2, 0.25) is 0 Å². The quantitative estimate of drug-likeness (QED) is 0.695. The van der Waals surface area contributed by atoms with Gasteiger partial charge in [-0.15, -0.1) is 0 Å². The standard InChI is InChI=1S/C12H20N2O/c1-10(6-7-13)14-8-9-15-12-5-3-2-4-11(12)14/h10-12H,2-6,8-9H2,1H3. The van der Waals surface area contributed by atoms with Gasteiger partial charge in [0, 0.05) is 18.6 Å². The number of fused-ring (bicyclic) bond motifs is 1. The Hall–Kier alpha value is -0.590. The second-order valence-corrected chi connectivity index (χ2v) is 4.71. The average Bonchev–Trinajstić information content (AvgIpc) is 2.28. The number of rotatable bonds is 2. The van der Waals surface area contributed by atoms with E-state index in [1.54, 1.807) is 0 Å². The van der Waals surface area contributed by atoms with Crippen molar-refractivity contribution in [3.05, 3.63) is 0 Å². The third-order valence-corrected chi connectivity index (χ3v) is 3.73. The van der Waals surface area contributed by atoms with E-state index in [9.17, 15) is 0 Å². The molecule has 0 aromatic carbocycles. The molecule has 1 aliphatic heterocycles. The lowest BCUT2D eigenvalue weighted by atomic mass is 9.89. The molecule has 84 valence electrons. The molecule has 1 saturated carbocycles. The summed E-state index contributed by atoms with van der Waals surface area (Å²) in [5, 5.41) is 8.76. The van der Waals surface area contributed by atoms with E-state index in [1.807, 2.05) is 0 Å². The molecule has 0 N–H and O–H groups in total. The molecular formula is C12H20N2O. The second-order valence-electron chi connectivity index (χ2n) is 4.71. The van der Waals surface area contributed by atoms with Gasteiger partial charge in [-0.25, -0.2) is 0 Å². The molecule has 0 spiro atoms. The van der Waals surface area contributed by atoms with Crippen LogP contribution >= 0.6 is 0 Å². The normalized spacial score (nSPS) is 34.1. The van der Waals surface area contributed by atoms with E-state index in [4.69, 9.17) is 10.00 Å². The molecule has 2 rings (SSSR count). The molecule has 15 heavy (non-hydrogen) atoms. The third kappa shape index (κ3) is 2.32. The Bertz CT molecular complexity index is 246. The molecule has 3 unspecified atom stereocenters. The second kappa shape index (κ2) is 4.96. The van der Waals surface area contributed by atoms with Gasteiger partial charge in [0.2, 0.25) is 0 Å². The first-order valence-corrected chi connectivity index (χ1v) is 6.07. The van der Waals surface area contributed by atoms with Crippen molar-refractivity contribution in [2.75, 3.05) is 13.2 Å². The lowest BCUT2D eigenvalue weighted by Gasteiger charge is -2.46. The van der Waals surface area contributed by atoms with Crippen LogP contribution in [0.4, 0.5) is 0 Å². The summed E-state index contributed by atoms with van der Waals surface area (Å²) < 4.78 is 5.82. The number of nitriles is 1. The molecule has 0 aromatic heterocycles. The van der Waals surface area contributed by atoms with Gasteiger partial charge in [-0.05, 0) is 19.8 Å². The Morgan fingerprint density at radius 3 is 3.07 bits per heavy atom. The van der Waals surface area contributed by atoms with Gasteiger partial charge in [-0.1, -0.05) is 12.8 Å². The minimum atomic E-state index is 0.393. The Kier molecular flexibility index (Phi) is 3.61. The van der Waals surface area contributed by atoms with E-state index in [1.165, 1.54) is 25.7 Å². The fourth-order valence-electron chi connectivity index (χ4n) is 2.92. The number of ether oxygens (including phenoxy) is 1. The Balaban J connectivity index is 2.00. The maximum atomic E-state index is 8.76. The topological polar surface area (TPSA) is 36.3 Å². The summed E-state index contributed by atoms with van der Waals surface area (Å²) in [5.41, 5.74) is 0. The summed E-state index contributed by atoms with van der Waals surface area (Å²) in [6.07, 6.45) is 6.17. The molecule has 1 aliphatic carbocycles. The molecule has 2 fully saturated rings. The van der Waals surface area contributed by atoms with Crippen LogP contribution in [0.25, 0.3) is 0 Å². The van der Waals surface area contributed by atoms with Crippen molar-refractivity contribution in [2.45, 2.75) is 57.2 Å². The van der Waals surface area contributed by atoms with Gasteiger partial charge in [-0.2, -0.15) is 5.26 Å². The zero-order valence-electron chi connectivity index (χ0n) is 9.48. The van der Waals surface area contributed by atoms with Crippen LogP contribution in [0.5, 0.6) is 0 Å². The number of morpholine rings is 1. The van der Waals surface area contributed by atoms with Crippen molar-refractivity contribution in [3.63, 3.8) is 0 Å². The van der Waals surface area contributed by atoms with Gasteiger partial charge in [-0.3, -0.25) is 4.90 Å². The minimum absolute atomic E-state index is 0.393. The van der Waals surface area contributed by atoms with Crippen LogP contribution in [0.3, 0.4) is 0 Å².